The molecule has 5 nitrogen and oxygen atoms in total. The Morgan fingerprint density at radius 1 is 1.28 bits per heavy atom. The van der Waals surface area contributed by atoms with Gasteiger partial charge in [0, 0.05) is 11.6 Å². The third-order valence-corrected chi connectivity index (χ3v) is 3.66. The van der Waals surface area contributed by atoms with Gasteiger partial charge in [-0.15, -0.1) is 0 Å². The fourth-order valence-corrected chi connectivity index (χ4v) is 2.16. The summed E-state index contributed by atoms with van der Waals surface area (Å²) >= 11 is 0. The van der Waals surface area contributed by atoms with Crippen molar-refractivity contribution in [2.75, 3.05) is 0 Å². The Labute approximate surface area is 142 Å². The minimum Gasteiger partial charge on any atom is -0.352 e. The van der Waals surface area contributed by atoms with Gasteiger partial charge in [-0.25, -0.2) is 4.68 Å². The van der Waals surface area contributed by atoms with Crippen LogP contribution in [0, 0.1) is 0 Å². The van der Waals surface area contributed by atoms with Crippen molar-refractivity contribution in [3.63, 3.8) is 0 Å². The molecular formula is C17H18F3N3O2. The molecule has 0 aliphatic heterocycles. The van der Waals surface area contributed by atoms with E-state index in [1.54, 1.807) is 37.3 Å². The highest BCUT2D eigenvalue weighted by Crippen LogP contribution is 2.28. The van der Waals surface area contributed by atoms with Gasteiger partial charge >= 0.3 is 6.18 Å². The predicted molar refractivity (Wildman–Crippen MR) is 86.8 cm³/mol. The molecule has 0 bridgehead atoms. The first kappa shape index (κ1) is 18.7. The van der Waals surface area contributed by atoms with Crippen LogP contribution in [0.5, 0.6) is 0 Å². The molecule has 0 aliphatic rings. The molecule has 1 amide bonds. The molecule has 1 aromatic heterocycles. The standard InChI is InChI=1S/C17H18F3N3O2/c1-3-11(2)21-15(24)10-23-16(25)13(17(18,19)20)9-14(22-23)12-7-5-4-6-8-12/h4-9,11H,3,10H2,1-2H3,(H,21,24)/t11-/m1/s1. The van der Waals surface area contributed by atoms with E-state index in [4.69, 9.17) is 0 Å². The molecule has 0 aliphatic carbocycles. The van der Waals surface area contributed by atoms with Crippen molar-refractivity contribution in [2.45, 2.75) is 39.0 Å². The van der Waals surface area contributed by atoms with E-state index in [1.807, 2.05) is 6.92 Å². The number of halogens is 3. The zero-order chi connectivity index (χ0) is 18.6. The molecule has 0 fully saturated rings. The number of carbonyl (C=O) groups excluding carboxylic acids is 1. The average molecular weight is 353 g/mol. The summed E-state index contributed by atoms with van der Waals surface area (Å²) in [5, 5.41) is 6.54. The fraction of sp³-hybridized carbons (Fsp3) is 0.353. The van der Waals surface area contributed by atoms with Gasteiger partial charge in [-0.05, 0) is 19.4 Å². The maximum absolute atomic E-state index is 13.2. The number of nitrogens with one attached hydrogen (secondary N) is 1. The smallest absolute Gasteiger partial charge is 0.352 e. The summed E-state index contributed by atoms with van der Waals surface area (Å²) in [7, 11) is 0. The van der Waals surface area contributed by atoms with Gasteiger partial charge in [-0.2, -0.15) is 18.3 Å². The Hall–Kier alpha value is -2.64. The molecule has 1 N–H and O–H groups in total. The third kappa shape index (κ3) is 4.68. The van der Waals surface area contributed by atoms with E-state index in [1.165, 1.54) is 0 Å². The third-order valence-electron chi connectivity index (χ3n) is 3.66. The van der Waals surface area contributed by atoms with Crippen LogP contribution in [0.15, 0.2) is 41.2 Å². The first-order valence-corrected chi connectivity index (χ1v) is 7.76. The van der Waals surface area contributed by atoms with Crippen LogP contribution in [0.25, 0.3) is 11.3 Å². The van der Waals surface area contributed by atoms with Gasteiger partial charge in [0.2, 0.25) is 5.91 Å². The molecular weight excluding hydrogens is 335 g/mol. The van der Waals surface area contributed by atoms with E-state index in [2.05, 4.69) is 10.4 Å². The lowest BCUT2D eigenvalue weighted by molar-refractivity contribution is -0.139. The summed E-state index contributed by atoms with van der Waals surface area (Å²) in [6.45, 7) is 3.04. The number of alkyl halides is 3. The Morgan fingerprint density at radius 2 is 1.92 bits per heavy atom. The van der Waals surface area contributed by atoms with E-state index in [0.717, 1.165) is 0 Å². The van der Waals surface area contributed by atoms with Gasteiger partial charge in [-0.1, -0.05) is 37.3 Å². The lowest BCUT2D eigenvalue weighted by Crippen LogP contribution is -2.39. The van der Waals surface area contributed by atoms with Crippen LogP contribution >= 0.6 is 0 Å². The largest absolute Gasteiger partial charge is 0.421 e. The highest BCUT2D eigenvalue weighted by atomic mass is 19.4. The van der Waals surface area contributed by atoms with Crippen molar-refractivity contribution in [1.29, 1.82) is 0 Å². The Kier molecular flexibility index (Phi) is 5.61. The van der Waals surface area contributed by atoms with Crippen LogP contribution < -0.4 is 10.9 Å². The molecule has 0 saturated carbocycles. The second kappa shape index (κ2) is 7.50. The summed E-state index contributed by atoms with van der Waals surface area (Å²) < 4.78 is 40.1. The van der Waals surface area contributed by atoms with Gasteiger partial charge in [-0.3, -0.25) is 9.59 Å². The topological polar surface area (TPSA) is 64.0 Å². The summed E-state index contributed by atoms with van der Waals surface area (Å²) in [6, 6.07) is 8.73. The maximum Gasteiger partial charge on any atom is 0.421 e. The number of benzene rings is 1. The molecule has 1 aromatic carbocycles. The molecule has 8 heteroatoms. The number of amides is 1. The summed E-state index contributed by atoms with van der Waals surface area (Å²) in [6.07, 6.45) is -4.18. The molecule has 25 heavy (non-hydrogen) atoms. The van der Waals surface area contributed by atoms with E-state index in [9.17, 15) is 22.8 Å². The van der Waals surface area contributed by atoms with Crippen LogP contribution in [-0.4, -0.2) is 21.7 Å². The zero-order valence-electron chi connectivity index (χ0n) is 13.8. The van der Waals surface area contributed by atoms with E-state index in [0.29, 0.717) is 22.7 Å². The van der Waals surface area contributed by atoms with Gasteiger partial charge in [0.15, 0.2) is 0 Å². The molecule has 0 spiro atoms. The van der Waals surface area contributed by atoms with Crippen LogP contribution in [0.2, 0.25) is 0 Å². The number of hydrogen-bond donors (Lipinski definition) is 1. The number of rotatable bonds is 5. The van der Waals surface area contributed by atoms with Crippen molar-refractivity contribution < 1.29 is 18.0 Å². The summed E-state index contributed by atoms with van der Waals surface area (Å²) in [4.78, 5) is 24.0. The highest BCUT2D eigenvalue weighted by Gasteiger charge is 2.35. The highest BCUT2D eigenvalue weighted by molar-refractivity contribution is 5.76. The van der Waals surface area contributed by atoms with Crippen molar-refractivity contribution >= 4 is 5.91 Å². The van der Waals surface area contributed by atoms with Gasteiger partial charge in [0.05, 0.1) is 5.69 Å². The second-order valence-electron chi connectivity index (χ2n) is 5.65. The number of nitrogens with zero attached hydrogens (tertiary/aromatic N) is 2. The molecule has 2 aromatic rings. The van der Waals surface area contributed by atoms with Crippen molar-refractivity contribution in [1.82, 2.24) is 15.1 Å². The maximum atomic E-state index is 13.2. The van der Waals surface area contributed by atoms with Crippen molar-refractivity contribution in [2.24, 2.45) is 0 Å². The molecule has 134 valence electrons. The second-order valence-corrected chi connectivity index (χ2v) is 5.65. The van der Waals surface area contributed by atoms with Crippen molar-refractivity contribution in [3.05, 3.63) is 52.3 Å². The van der Waals surface area contributed by atoms with E-state index >= 15 is 0 Å². The number of hydrogen-bond acceptors (Lipinski definition) is 3. The molecule has 0 unspecified atom stereocenters. The quantitative estimate of drug-likeness (QED) is 0.899. The van der Waals surface area contributed by atoms with Crippen molar-refractivity contribution in [3.8, 4) is 11.3 Å². The summed E-state index contributed by atoms with van der Waals surface area (Å²) in [5.41, 5.74) is -2.29. The predicted octanol–water partition coefficient (Wildman–Crippen LogP) is 2.84. The van der Waals surface area contributed by atoms with Crippen LogP contribution in [0.4, 0.5) is 13.2 Å². The average Bonchev–Trinajstić information content (AvgIpc) is 2.56. The Balaban J connectivity index is 2.48. The monoisotopic (exact) mass is 353 g/mol. The number of carbonyl (C=O) groups is 1. The van der Waals surface area contributed by atoms with Crippen LogP contribution in [-0.2, 0) is 17.5 Å². The van der Waals surface area contributed by atoms with E-state index < -0.39 is 29.8 Å². The van der Waals surface area contributed by atoms with Gasteiger partial charge in [0.25, 0.3) is 5.56 Å². The molecule has 1 atom stereocenters. The Morgan fingerprint density at radius 3 is 2.48 bits per heavy atom. The Bertz CT molecular complexity index is 801. The SMILES string of the molecule is CC[C@@H](C)NC(=O)Cn1nc(-c2ccccc2)cc(C(F)(F)F)c1=O. The fourth-order valence-electron chi connectivity index (χ4n) is 2.16. The first-order valence-electron chi connectivity index (χ1n) is 7.76. The first-order chi connectivity index (χ1) is 11.7. The van der Waals surface area contributed by atoms with Crippen LogP contribution in [0.1, 0.15) is 25.8 Å². The minimum atomic E-state index is -4.83. The molecule has 2 rings (SSSR count). The molecule has 0 saturated heterocycles. The zero-order valence-corrected chi connectivity index (χ0v) is 13.8. The molecule has 0 radical (unpaired) electrons. The number of aromatic nitrogens is 2. The lowest BCUT2D eigenvalue weighted by atomic mass is 10.1. The van der Waals surface area contributed by atoms with E-state index in [-0.39, 0.29) is 11.7 Å². The van der Waals surface area contributed by atoms with Crippen LogP contribution in [0.3, 0.4) is 0 Å². The molecule has 1 heterocycles. The van der Waals surface area contributed by atoms with Gasteiger partial charge < -0.3 is 5.32 Å². The minimum absolute atomic E-state index is 0.0242. The van der Waals surface area contributed by atoms with Gasteiger partial charge in [0.1, 0.15) is 12.1 Å². The normalized spacial score (nSPS) is 12.7. The lowest BCUT2D eigenvalue weighted by Gasteiger charge is -2.14. The summed E-state index contributed by atoms with van der Waals surface area (Å²) in [5.74, 6) is -0.567.